The number of amides is 3. The SMILES string of the molecule is NCc1nnc(N2CCC(=O)NC2=O)cc1F. The minimum absolute atomic E-state index is 0.0299. The van der Waals surface area contributed by atoms with Crippen LogP contribution in [0, 0.1) is 5.82 Å². The second-order valence-corrected chi connectivity index (χ2v) is 3.46. The molecule has 90 valence electrons. The van der Waals surface area contributed by atoms with Crippen LogP contribution in [0.4, 0.5) is 15.0 Å². The van der Waals surface area contributed by atoms with Crippen LogP contribution in [0.5, 0.6) is 0 Å². The molecule has 0 spiro atoms. The maximum Gasteiger partial charge on any atom is 0.329 e. The van der Waals surface area contributed by atoms with E-state index in [2.05, 4.69) is 15.5 Å². The second kappa shape index (κ2) is 4.42. The molecule has 3 amide bonds. The number of aromatic nitrogens is 2. The number of carbonyl (C=O) groups is 2. The fraction of sp³-hybridized carbons (Fsp3) is 0.333. The van der Waals surface area contributed by atoms with Crippen LogP contribution in [0.15, 0.2) is 6.07 Å². The summed E-state index contributed by atoms with van der Waals surface area (Å²) < 4.78 is 13.4. The third-order valence-corrected chi connectivity index (χ3v) is 2.33. The molecular weight excluding hydrogens is 229 g/mol. The molecule has 1 aromatic heterocycles. The highest BCUT2D eigenvalue weighted by molar-refractivity contribution is 6.05. The molecule has 3 N–H and O–H groups in total. The lowest BCUT2D eigenvalue weighted by Gasteiger charge is -2.25. The molecule has 0 bridgehead atoms. The van der Waals surface area contributed by atoms with Gasteiger partial charge in [0, 0.05) is 25.6 Å². The molecule has 2 rings (SSSR count). The van der Waals surface area contributed by atoms with E-state index in [-0.39, 0.29) is 36.9 Å². The quantitative estimate of drug-likeness (QED) is 0.725. The molecule has 17 heavy (non-hydrogen) atoms. The Hall–Kier alpha value is -2.09. The van der Waals surface area contributed by atoms with Crippen molar-refractivity contribution < 1.29 is 14.0 Å². The van der Waals surface area contributed by atoms with Gasteiger partial charge in [-0.25, -0.2) is 9.18 Å². The highest BCUT2D eigenvalue weighted by Crippen LogP contribution is 2.15. The monoisotopic (exact) mass is 239 g/mol. The Morgan fingerprint density at radius 3 is 2.82 bits per heavy atom. The van der Waals surface area contributed by atoms with Gasteiger partial charge < -0.3 is 5.73 Å². The molecular formula is C9H10FN5O2. The van der Waals surface area contributed by atoms with Crippen LogP contribution in [-0.4, -0.2) is 28.7 Å². The van der Waals surface area contributed by atoms with Crippen LogP contribution in [0.1, 0.15) is 12.1 Å². The highest BCUT2D eigenvalue weighted by atomic mass is 19.1. The average molecular weight is 239 g/mol. The third kappa shape index (κ3) is 2.21. The van der Waals surface area contributed by atoms with E-state index in [1.54, 1.807) is 0 Å². The molecule has 1 fully saturated rings. The van der Waals surface area contributed by atoms with Crippen LogP contribution < -0.4 is 16.0 Å². The maximum absolute atomic E-state index is 13.4. The molecule has 1 saturated heterocycles. The fourth-order valence-electron chi connectivity index (χ4n) is 1.44. The Kier molecular flexibility index (Phi) is 2.96. The molecule has 1 aliphatic heterocycles. The first-order chi connectivity index (χ1) is 8.11. The summed E-state index contributed by atoms with van der Waals surface area (Å²) in [6, 6.07) is 0.445. The molecule has 8 heteroatoms. The van der Waals surface area contributed by atoms with Crippen LogP contribution >= 0.6 is 0 Å². The third-order valence-electron chi connectivity index (χ3n) is 2.33. The van der Waals surface area contributed by atoms with Gasteiger partial charge in [-0.15, -0.1) is 10.2 Å². The van der Waals surface area contributed by atoms with Gasteiger partial charge in [0.05, 0.1) is 0 Å². The topological polar surface area (TPSA) is 101 Å². The van der Waals surface area contributed by atoms with E-state index >= 15 is 0 Å². The van der Waals surface area contributed by atoms with E-state index in [1.807, 2.05) is 0 Å². The number of halogens is 1. The lowest BCUT2D eigenvalue weighted by molar-refractivity contribution is -0.120. The highest BCUT2D eigenvalue weighted by Gasteiger charge is 2.26. The maximum atomic E-state index is 13.4. The summed E-state index contributed by atoms with van der Waals surface area (Å²) >= 11 is 0. The van der Waals surface area contributed by atoms with E-state index in [9.17, 15) is 14.0 Å². The van der Waals surface area contributed by atoms with E-state index in [4.69, 9.17) is 5.73 Å². The summed E-state index contributed by atoms with van der Waals surface area (Å²) in [4.78, 5) is 23.5. The van der Waals surface area contributed by atoms with Crippen LogP contribution in [0.25, 0.3) is 0 Å². The lowest BCUT2D eigenvalue weighted by Crippen LogP contribution is -2.50. The summed E-state index contributed by atoms with van der Waals surface area (Å²) in [6.07, 6.45) is 0.147. The molecule has 1 aromatic rings. The van der Waals surface area contributed by atoms with Crippen molar-refractivity contribution in [2.24, 2.45) is 5.73 Å². The number of rotatable bonds is 2. The Balaban J connectivity index is 2.25. The van der Waals surface area contributed by atoms with Gasteiger partial charge in [-0.05, 0) is 0 Å². The summed E-state index contributed by atoms with van der Waals surface area (Å²) in [7, 11) is 0. The minimum Gasteiger partial charge on any atom is -0.325 e. The van der Waals surface area contributed by atoms with Gasteiger partial charge in [-0.3, -0.25) is 15.0 Å². The number of imide groups is 1. The molecule has 0 aliphatic carbocycles. The van der Waals surface area contributed by atoms with E-state index in [1.165, 1.54) is 0 Å². The normalized spacial score (nSPS) is 16.0. The van der Waals surface area contributed by atoms with Crippen molar-refractivity contribution in [3.63, 3.8) is 0 Å². The standard InChI is InChI=1S/C9H10FN5O2/c10-5-3-7(14-13-6(5)4-11)15-2-1-8(16)12-9(15)17/h3H,1-2,4,11H2,(H,12,16,17). The van der Waals surface area contributed by atoms with Gasteiger partial charge in [0.1, 0.15) is 5.69 Å². The fourth-order valence-corrected chi connectivity index (χ4v) is 1.44. The number of hydrogen-bond acceptors (Lipinski definition) is 5. The molecule has 0 saturated carbocycles. The number of nitrogens with two attached hydrogens (primary N) is 1. The van der Waals surface area contributed by atoms with E-state index < -0.39 is 11.8 Å². The molecule has 2 heterocycles. The Labute approximate surface area is 95.8 Å². The minimum atomic E-state index is -0.629. The van der Waals surface area contributed by atoms with Gasteiger partial charge in [-0.2, -0.15) is 0 Å². The van der Waals surface area contributed by atoms with Crippen molar-refractivity contribution in [1.82, 2.24) is 15.5 Å². The molecule has 1 aliphatic rings. The van der Waals surface area contributed by atoms with Crippen molar-refractivity contribution >= 4 is 17.8 Å². The summed E-state index contributed by atoms with van der Waals surface area (Å²) in [6.45, 7) is 0.0879. The summed E-state index contributed by atoms with van der Waals surface area (Å²) in [5, 5.41) is 9.37. The average Bonchev–Trinajstić information content (AvgIpc) is 2.29. The molecule has 0 aromatic carbocycles. The van der Waals surface area contributed by atoms with Crippen molar-refractivity contribution in [2.75, 3.05) is 11.4 Å². The van der Waals surface area contributed by atoms with Gasteiger partial charge in [0.15, 0.2) is 11.6 Å². The lowest BCUT2D eigenvalue weighted by atomic mass is 10.3. The van der Waals surface area contributed by atoms with Gasteiger partial charge in [-0.1, -0.05) is 0 Å². The van der Waals surface area contributed by atoms with Crippen LogP contribution in [0.2, 0.25) is 0 Å². The van der Waals surface area contributed by atoms with Gasteiger partial charge >= 0.3 is 6.03 Å². The summed E-state index contributed by atoms with van der Waals surface area (Å²) in [5.74, 6) is -0.926. The van der Waals surface area contributed by atoms with Crippen LogP contribution in [-0.2, 0) is 11.3 Å². The predicted octanol–water partition coefficient (Wildman–Crippen LogP) is -0.479. The number of anilines is 1. The number of nitrogens with one attached hydrogen (secondary N) is 1. The molecule has 0 unspecified atom stereocenters. The van der Waals surface area contributed by atoms with E-state index in [0.717, 1.165) is 11.0 Å². The second-order valence-electron chi connectivity index (χ2n) is 3.46. The van der Waals surface area contributed by atoms with Crippen molar-refractivity contribution in [3.8, 4) is 0 Å². The predicted molar refractivity (Wildman–Crippen MR) is 55.4 cm³/mol. The first kappa shape index (κ1) is 11.4. The number of urea groups is 1. The molecule has 7 nitrogen and oxygen atoms in total. The number of carbonyl (C=O) groups excluding carboxylic acids is 2. The van der Waals surface area contributed by atoms with Crippen LogP contribution in [0.3, 0.4) is 0 Å². The zero-order valence-electron chi connectivity index (χ0n) is 8.81. The summed E-state index contributed by atoms with van der Waals surface area (Å²) in [5.41, 5.74) is 5.27. The van der Waals surface area contributed by atoms with Crippen molar-refractivity contribution in [2.45, 2.75) is 13.0 Å². The van der Waals surface area contributed by atoms with E-state index in [0.29, 0.717) is 0 Å². The Bertz CT molecular complexity index is 478. The van der Waals surface area contributed by atoms with Crippen molar-refractivity contribution in [3.05, 3.63) is 17.6 Å². The number of nitrogens with zero attached hydrogens (tertiary/aromatic N) is 3. The van der Waals surface area contributed by atoms with Crippen molar-refractivity contribution in [1.29, 1.82) is 0 Å². The zero-order chi connectivity index (χ0) is 12.4. The molecule has 0 atom stereocenters. The number of hydrogen-bond donors (Lipinski definition) is 2. The first-order valence-corrected chi connectivity index (χ1v) is 4.95. The Morgan fingerprint density at radius 2 is 2.24 bits per heavy atom. The zero-order valence-corrected chi connectivity index (χ0v) is 8.81. The largest absolute Gasteiger partial charge is 0.329 e. The van der Waals surface area contributed by atoms with Gasteiger partial charge in [0.2, 0.25) is 5.91 Å². The smallest absolute Gasteiger partial charge is 0.325 e. The first-order valence-electron chi connectivity index (χ1n) is 4.95. The van der Waals surface area contributed by atoms with Gasteiger partial charge in [0.25, 0.3) is 0 Å². The Morgan fingerprint density at radius 1 is 1.47 bits per heavy atom. The molecule has 0 radical (unpaired) electrons.